The number of hydrogen-bond donors (Lipinski definition) is 3. The second-order valence-electron chi connectivity index (χ2n) is 5.08. The van der Waals surface area contributed by atoms with Crippen molar-refractivity contribution in [3.63, 3.8) is 0 Å². The molecule has 0 aromatic carbocycles. The Balaban J connectivity index is 2.15. The molecule has 2 rings (SSSR count). The van der Waals surface area contributed by atoms with Gasteiger partial charge in [0, 0.05) is 19.0 Å². The molecular formula is C11H21NO4. The van der Waals surface area contributed by atoms with Crippen molar-refractivity contribution in [3.8, 4) is 0 Å². The molecular weight excluding hydrogens is 210 g/mol. The van der Waals surface area contributed by atoms with E-state index in [1.165, 1.54) is 0 Å². The molecule has 0 saturated carbocycles. The van der Waals surface area contributed by atoms with Crippen LogP contribution in [0.2, 0.25) is 0 Å². The normalized spacial score (nSPS) is 49.3. The molecule has 2 heterocycles. The Bertz CT molecular complexity index is 258. The molecule has 2 aliphatic heterocycles. The maximum atomic E-state index is 9.87. The molecule has 0 spiro atoms. The highest BCUT2D eigenvalue weighted by molar-refractivity contribution is 5.01. The lowest BCUT2D eigenvalue weighted by Gasteiger charge is -2.41. The number of aliphatic hydroxyl groups excluding tert-OH is 2. The molecule has 2 fully saturated rings. The first kappa shape index (κ1) is 12.3. The summed E-state index contributed by atoms with van der Waals surface area (Å²) in [6, 6.07) is 0.00773. The molecule has 2 aliphatic rings. The Kier molecular flexibility index (Phi) is 3.25. The van der Waals surface area contributed by atoms with E-state index in [1.54, 1.807) is 6.92 Å². The Morgan fingerprint density at radius 2 is 2.12 bits per heavy atom. The van der Waals surface area contributed by atoms with E-state index in [4.69, 9.17) is 4.74 Å². The summed E-state index contributed by atoms with van der Waals surface area (Å²) < 4.78 is 5.42. The fourth-order valence-corrected chi connectivity index (χ4v) is 2.81. The first-order valence-corrected chi connectivity index (χ1v) is 5.95. The average Bonchev–Trinajstić information content (AvgIpc) is 2.51. The van der Waals surface area contributed by atoms with Crippen molar-refractivity contribution in [2.75, 3.05) is 13.1 Å². The van der Waals surface area contributed by atoms with E-state index in [2.05, 4.69) is 11.8 Å². The summed E-state index contributed by atoms with van der Waals surface area (Å²) >= 11 is 0. The van der Waals surface area contributed by atoms with Crippen molar-refractivity contribution in [3.05, 3.63) is 0 Å². The lowest BCUT2D eigenvalue weighted by molar-refractivity contribution is -0.213. The van der Waals surface area contributed by atoms with Gasteiger partial charge in [-0.3, -0.25) is 4.90 Å². The van der Waals surface area contributed by atoms with E-state index in [-0.39, 0.29) is 6.04 Å². The summed E-state index contributed by atoms with van der Waals surface area (Å²) in [6.45, 7) is 4.98. The van der Waals surface area contributed by atoms with Crippen LogP contribution in [-0.2, 0) is 4.74 Å². The van der Waals surface area contributed by atoms with Gasteiger partial charge in [0.2, 0.25) is 0 Å². The summed E-state index contributed by atoms with van der Waals surface area (Å²) in [5.41, 5.74) is 0. The molecule has 5 atom stereocenters. The number of aliphatic hydroxyl groups is 3. The van der Waals surface area contributed by atoms with Gasteiger partial charge in [-0.1, -0.05) is 6.92 Å². The van der Waals surface area contributed by atoms with Gasteiger partial charge in [0.05, 0.1) is 6.10 Å². The molecule has 0 aromatic rings. The third-order valence-electron chi connectivity index (χ3n) is 3.49. The molecule has 1 unspecified atom stereocenters. The summed E-state index contributed by atoms with van der Waals surface area (Å²) in [6.07, 6.45) is -0.700. The zero-order chi connectivity index (χ0) is 11.9. The SMILES string of the molecule is CCCN1C[C@@H](O)[C@@H](O)[C@H]2OC(C)(O)C[C@H]21. The molecule has 0 bridgehead atoms. The minimum atomic E-state index is -1.19. The van der Waals surface area contributed by atoms with Crippen molar-refractivity contribution in [2.45, 2.75) is 56.8 Å². The first-order valence-electron chi connectivity index (χ1n) is 5.95. The van der Waals surface area contributed by atoms with Gasteiger partial charge < -0.3 is 20.1 Å². The molecule has 5 heteroatoms. The van der Waals surface area contributed by atoms with E-state index >= 15 is 0 Å². The second-order valence-corrected chi connectivity index (χ2v) is 5.08. The predicted molar refractivity (Wildman–Crippen MR) is 57.8 cm³/mol. The zero-order valence-corrected chi connectivity index (χ0v) is 9.83. The zero-order valence-electron chi connectivity index (χ0n) is 9.83. The van der Waals surface area contributed by atoms with Crippen molar-refractivity contribution in [2.24, 2.45) is 0 Å². The number of nitrogens with zero attached hydrogens (tertiary/aromatic N) is 1. The molecule has 0 amide bonds. The van der Waals surface area contributed by atoms with Crippen LogP contribution in [0, 0.1) is 0 Å². The van der Waals surface area contributed by atoms with Crippen LogP contribution >= 0.6 is 0 Å². The quantitative estimate of drug-likeness (QED) is 0.586. The molecule has 5 nitrogen and oxygen atoms in total. The number of rotatable bonds is 2. The first-order chi connectivity index (χ1) is 7.44. The maximum Gasteiger partial charge on any atom is 0.164 e. The predicted octanol–water partition coefficient (Wildman–Crippen LogP) is -0.700. The van der Waals surface area contributed by atoms with Crippen LogP contribution in [0.15, 0.2) is 0 Å². The highest BCUT2D eigenvalue weighted by atomic mass is 16.6. The number of fused-ring (bicyclic) bond motifs is 1. The van der Waals surface area contributed by atoms with Crippen molar-refractivity contribution in [1.29, 1.82) is 0 Å². The van der Waals surface area contributed by atoms with E-state index in [1.807, 2.05) is 0 Å². The van der Waals surface area contributed by atoms with Gasteiger partial charge in [0.1, 0.15) is 12.2 Å². The van der Waals surface area contributed by atoms with Crippen LogP contribution in [0.1, 0.15) is 26.7 Å². The topological polar surface area (TPSA) is 73.2 Å². The Hall–Kier alpha value is -0.200. The summed E-state index contributed by atoms with van der Waals surface area (Å²) in [5.74, 6) is -1.19. The van der Waals surface area contributed by atoms with Gasteiger partial charge in [0.25, 0.3) is 0 Å². The van der Waals surface area contributed by atoms with Crippen LogP contribution in [0.3, 0.4) is 0 Å². The van der Waals surface area contributed by atoms with E-state index in [9.17, 15) is 15.3 Å². The Labute approximate surface area is 95.6 Å². The number of hydrogen-bond acceptors (Lipinski definition) is 5. The minimum absolute atomic E-state index is 0.00773. The summed E-state index contributed by atoms with van der Waals surface area (Å²) in [4.78, 5) is 2.10. The van der Waals surface area contributed by atoms with Gasteiger partial charge in [-0.25, -0.2) is 0 Å². The third kappa shape index (κ3) is 2.10. The monoisotopic (exact) mass is 231 g/mol. The Morgan fingerprint density at radius 1 is 1.44 bits per heavy atom. The largest absolute Gasteiger partial charge is 0.389 e. The summed E-state index contributed by atoms with van der Waals surface area (Å²) in [5, 5.41) is 29.5. The summed E-state index contributed by atoms with van der Waals surface area (Å²) in [7, 11) is 0. The Morgan fingerprint density at radius 3 is 2.75 bits per heavy atom. The highest BCUT2D eigenvalue weighted by Gasteiger charge is 2.52. The molecule has 0 radical (unpaired) electrons. The third-order valence-corrected chi connectivity index (χ3v) is 3.49. The second kappa shape index (κ2) is 4.23. The van der Waals surface area contributed by atoms with Crippen LogP contribution in [-0.4, -0.2) is 63.4 Å². The standard InChI is InChI=1S/C11H21NO4/c1-3-4-12-6-8(13)9(14)10-7(12)5-11(2,15)16-10/h7-10,13-15H,3-6H2,1-2H3/t7-,8-,9-,10+,11?/m1/s1. The van der Waals surface area contributed by atoms with Crippen LogP contribution in [0.25, 0.3) is 0 Å². The molecule has 94 valence electrons. The van der Waals surface area contributed by atoms with E-state index < -0.39 is 24.1 Å². The van der Waals surface area contributed by atoms with Gasteiger partial charge in [-0.15, -0.1) is 0 Å². The number of β-amino-alcohol motifs (C(OH)–C–C–N with tert-alkyl or cyclic N) is 1. The molecule has 2 saturated heterocycles. The maximum absolute atomic E-state index is 9.87. The van der Waals surface area contributed by atoms with Crippen LogP contribution in [0.4, 0.5) is 0 Å². The number of likely N-dealkylation sites (tertiary alicyclic amines) is 1. The molecule has 0 aromatic heterocycles. The van der Waals surface area contributed by atoms with Gasteiger partial charge >= 0.3 is 0 Å². The lowest BCUT2D eigenvalue weighted by Crippen LogP contribution is -2.59. The van der Waals surface area contributed by atoms with E-state index in [0.717, 1.165) is 13.0 Å². The number of ether oxygens (including phenoxy) is 1. The molecule has 3 N–H and O–H groups in total. The fourth-order valence-electron chi connectivity index (χ4n) is 2.81. The van der Waals surface area contributed by atoms with Crippen molar-refractivity contribution < 1.29 is 20.1 Å². The molecule has 0 aliphatic carbocycles. The van der Waals surface area contributed by atoms with Crippen LogP contribution in [0.5, 0.6) is 0 Å². The van der Waals surface area contributed by atoms with Gasteiger partial charge in [-0.05, 0) is 19.9 Å². The fraction of sp³-hybridized carbons (Fsp3) is 1.00. The highest BCUT2D eigenvalue weighted by Crippen LogP contribution is 2.36. The minimum Gasteiger partial charge on any atom is -0.389 e. The van der Waals surface area contributed by atoms with Crippen molar-refractivity contribution in [1.82, 2.24) is 4.90 Å². The van der Waals surface area contributed by atoms with Gasteiger partial charge in [0.15, 0.2) is 5.79 Å². The van der Waals surface area contributed by atoms with Crippen molar-refractivity contribution >= 4 is 0 Å². The lowest BCUT2D eigenvalue weighted by atomic mass is 9.92. The van der Waals surface area contributed by atoms with E-state index in [0.29, 0.717) is 13.0 Å². The van der Waals surface area contributed by atoms with Crippen LogP contribution < -0.4 is 0 Å². The average molecular weight is 231 g/mol. The smallest absolute Gasteiger partial charge is 0.164 e. The van der Waals surface area contributed by atoms with Gasteiger partial charge in [-0.2, -0.15) is 0 Å². The number of piperidine rings is 1. The molecule has 16 heavy (non-hydrogen) atoms.